The van der Waals surface area contributed by atoms with E-state index in [1.165, 1.54) is 0 Å². The number of carbonyl (C=O) groups excluding carboxylic acids is 1. The first-order chi connectivity index (χ1) is 10.8. The van der Waals surface area contributed by atoms with Gasteiger partial charge in [-0.3, -0.25) is 9.78 Å². The fraction of sp³-hybridized carbons (Fsp3) is 0.294. The van der Waals surface area contributed by atoms with Crippen molar-refractivity contribution in [3.8, 4) is 5.75 Å². The Morgan fingerprint density at radius 2 is 1.86 bits per heavy atom. The van der Waals surface area contributed by atoms with E-state index >= 15 is 0 Å². The predicted molar refractivity (Wildman–Crippen MR) is 83.8 cm³/mol. The molecule has 0 fully saturated rings. The maximum absolute atomic E-state index is 12.8. The van der Waals surface area contributed by atoms with E-state index < -0.39 is 0 Å². The van der Waals surface area contributed by atoms with Crippen LogP contribution < -0.4 is 4.74 Å². The fourth-order valence-corrected chi connectivity index (χ4v) is 2.15. The first kappa shape index (κ1) is 16.0. The lowest BCUT2D eigenvalue weighted by Gasteiger charge is -2.23. The van der Waals surface area contributed by atoms with Gasteiger partial charge < -0.3 is 14.4 Å². The summed E-state index contributed by atoms with van der Waals surface area (Å²) in [6.45, 7) is 1.49. The highest BCUT2D eigenvalue weighted by Crippen LogP contribution is 2.20. The van der Waals surface area contributed by atoms with Crippen LogP contribution >= 0.6 is 0 Å². The van der Waals surface area contributed by atoms with Crippen molar-refractivity contribution >= 4 is 5.91 Å². The maximum Gasteiger partial charge on any atom is 0.257 e. The lowest BCUT2D eigenvalue weighted by Crippen LogP contribution is -2.33. The lowest BCUT2D eigenvalue weighted by molar-refractivity contribution is 0.0677. The molecule has 0 aliphatic heterocycles. The van der Waals surface area contributed by atoms with Gasteiger partial charge in [-0.05, 0) is 29.8 Å². The van der Waals surface area contributed by atoms with Gasteiger partial charge in [0.1, 0.15) is 5.75 Å². The largest absolute Gasteiger partial charge is 0.496 e. The summed E-state index contributed by atoms with van der Waals surface area (Å²) < 4.78 is 10.4. The third kappa shape index (κ3) is 4.05. The number of benzene rings is 1. The molecule has 0 radical (unpaired) electrons. The molecule has 1 heterocycles. The molecule has 2 rings (SSSR count). The highest BCUT2D eigenvalue weighted by atomic mass is 16.5. The molecule has 22 heavy (non-hydrogen) atoms. The Bertz CT molecular complexity index is 602. The molecule has 0 saturated carbocycles. The molecular formula is C17H20N2O3. The molecule has 0 N–H and O–H groups in total. The molecule has 0 spiro atoms. The van der Waals surface area contributed by atoms with Gasteiger partial charge >= 0.3 is 0 Å². The number of ether oxygens (including phenoxy) is 2. The second kappa shape index (κ2) is 8.14. The van der Waals surface area contributed by atoms with Crippen molar-refractivity contribution in [1.82, 2.24) is 9.88 Å². The van der Waals surface area contributed by atoms with Crippen LogP contribution in [0.3, 0.4) is 0 Å². The summed E-state index contributed by atoms with van der Waals surface area (Å²) >= 11 is 0. The second-order valence-electron chi connectivity index (χ2n) is 4.78. The first-order valence-electron chi connectivity index (χ1n) is 7.06. The van der Waals surface area contributed by atoms with Crippen LogP contribution in [0.25, 0.3) is 0 Å². The van der Waals surface area contributed by atoms with E-state index in [4.69, 9.17) is 9.47 Å². The molecule has 5 nitrogen and oxygen atoms in total. The van der Waals surface area contributed by atoms with Crippen molar-refractivity contribution < 1.29 is 14.3 Å². The minimum atomic E-state index is -0.0775. The van der Waals surface area contributed by atoms with Crippen LogP contribution in [-0.4, -0.2) is 43.2 Å². The number of pyridine rings is 1. The Morgan fingerprint density at radius 1 is 1.14 bits per heavy atom. The summed E-state index contributed by atoms with van der Waals surface area (Å²) in [5.74, 6) is 0.496. The standard InChI is InChI=1S/C17H20N2O3/c1-21-12-11-19(13-14-7-9-18-10-8-14)17(20)15-5-3-4-6-16(15)22-2/h3-10H,11-13H2,1-2H3. The van der Waals surface area contributed by atoms with Crippen molar-refractivity contribution in [2.45, 2.75) is 6.54 Å². The summed E-state index contributed by atoms with van der Waals surface area (Å²) in [7, 11) is 3.19. The van der Waals surface area contributed by atoms with Crippen molar-refractivity contribution in [3.05, 3.63) is 59.9 Å². The molecule has 0 atom stereocenters. The SMILES string of the molecule is COCCN(Cc1ccncc1)C(=O)c1ccccc1OC. The van der Waals surface area contributed by atoms with E-state index in [1.807, 2.05) is 24.3 Å². The van der Waals surface area contributed by atoms with Crippen LogP contribution in [0.4, 0.5) is 0 Å². The summed E-state index contributed by atoms with van der Waals surface area (Å²) in [5.41, 5.74) is 1.57. The molecule has 116 valence electrons. The minimum Gasteiger partial charge on any atom is -0.496 e. The second-order valence-corrected chi connectivity index (χ2v) is 4.78. The van der Waals surface area contributed by atoms with Crippen molar-refractivity contribution in [3.63, 3.8) is 0 Å². The number of methoxy groups -OCH3 is 2. The van der Waals surface area contributed by atoms with Crippen molar-refractivity contribution in [1.29, 1.82) is 0 Å². The molecule has 0 aliphatic carbocycles. The first-order valence-corrected chi connectivity index (χ1v) is 7.06. The number of nitrogens with zero attached hydrogens (tertiary/aromatic N) is 2. The van der Waals surface area contributed by atoms with E-state index in [2.05, 4.69) is 4.98 Å². The quantitative estimate of drug-likeness (QED) is 0.788. The number of amides is 1. The van der Waals surface area contributed by atoms with E-state index in [0.29, 0.717) is 31.0 Å². The molecule has 0 aliphatic rings. The van der Waals surface area contributed by atoms with E-state index in [1.54, 1.807) is 43.6 Å². The topological polar surface area (TPSA) is 51.7 Å². The maximum atomic E-state index is 12.8. The predicted octanol–water partition coefficient (Wildman–Crippen LogP) is 2.38. The number of hydrogen-bond donors (Lipinski definition) is 0. The zero-order valence-electron chi connectivity index (χ0n) is 12.9. The molecule has 5 heteroatoms. The van der Waals surface area contributed by atoms with Gasteiger partial charge in [0.25, 0.3) is 5.91 Å². The normalized spacial score (nSPS) is 10.3. The lowest BCUT2D eigenvalue weighted by atomic mass is 10.1. The molecule has 2 aromatic rings. The van der Waals surface area contributed by atoms with Crippen molar-refractivity contribution in [2.75, 3.05) is 27.4 Å². The fourth-order valence-electron chi connectivity index (χ4n) is 2.15. The van der Waals surface area contributed by atoms with Gasteiger partial charge in [0.15, 0.2) is 0 Å². The number of para-hydroxylation sites is 1. The Kier molecular flexibility index (Phi) is 5.91. The molecule has 1 aromatic heterocycles. The Morgan fingerprint density at radius 3 is 2.55 bits per heavy atom. The van der Waals surface area contributed by atoms with Gasteiger partial charge in [0, 0.05) is 32.6 Å². The van der Waals surface area contributed by atoms with Crippen LogP contribution in [0.15, 0.2) is 48.8 Å². The van der Waals surface area contributed by atoms with Gasteiger partial charge in [-0.15, -0.1) is 0 Å². The van der Waals surface area contributed by atoms with Crippen LogP contribution in [-0.2, 0) is 11.3 Å². The number of carbonyl (C=O) groups is 1. The zero-order valence-corrected chi connectivity index (χ0v) is 12.9. The van der Waals surface area contributed by atoms with Gasteiger partial charge in [-0.1, -0.05) is 12.1 Å². The molecule has 1 amide bonds. The molecular weight excluding hydrogens is 280 g/mol. The molecule has 1 aromatic carbocycles. The molecule has 0 unspecified atom stereocenters. The third-order valence-electron chi connectivity index (χ3n) is 3.31. The average molecular weight is 300 g/mol. The Balaban J connectivity index is 2.22. The van der Waals surface area contributed by atoms with Crippen LogP contribution in [0.1, 0.15) is 15.9 Å². The van der Waals surface area contributed by atoms with Gasteiger partial charge in [0.05, 0.1) is 19.3 Å². The van der Waals surface area contributed by atoms with E-state index in [0.717, 1.165) is 5.56 Å². The van der Waals surface area contributed by atoms with E-state index in [-0.39, 0.29) is 5.91 Å². The van der Waals surface area contributed by atoms with Crippen LogP contribution in [0.5, 0.6) is 5.75 Å². The smallest absolute Gasteiger partial charge is 0.257 e. The number of hydrogen-bond acceptors (Lipinski definition) is 4. The Labute approximate surface area is 130 Å². The number of rotatable bonds is 7. The van der Waals surface area contributed by atoms with Gasteiger partial charge in [0.2, 0.25) is 0 Å². The number of aromatic nitrogens is 1. The molecule has 0 bridgehead atoms. The average Bonchev–Trinajstić information content (AvgIpc) is 2.58. The van der Waals surface area contributed by atoms with Gasteiger partial charge in [-0.2, -0.15) is 0 Å². The monoisotopic (exact) mass is 300 g/mol. The molecule has 0 saturated heterocycles. The summed E-state index contributed by atoms with van der Waals surface area (Å²) in [6.07, 6.45) is 3.44. The highest BCUT2D eigenvalue weighted by Gasteiger charge is 2.19. The highest BCUT2D eigenvalue weighted by molar-refractivity contribution is 5.96. The summed E-state index contributed by atoms with van der Waals surface area (Å²) in [5, 5.41) is 0. The minimum absolute atomic E-state index is 0.0775. The van der Waals surface area contributed by atoms with Crippen LogP contribution in [0, 0.1) is 0 Å². The zero-order chi connectivity index (χ0) is 15.8. The van der Waals surface area contributed by atoms with Crippen molar-refractivity contribution in [2.24, 2.45) is 0 Å². The van der Waals surface area contributed by atoms with Crippen LogP contribution in [0.2, 0.25) is 0 Å². The third-order valence-corrected chi connectivity index (χ3v) is 3.31. The summed E-state index contributed by atoms with van der Waals surface area (Å²) in [6, 6.07) is 11.0. The Hall–Kier alpha value is -2.40. The summed E-state index contributed by atoms with van der Waals surface area (Å²) in [4.78, 5) is 18.6. The van der Waals surface area contributed by atoms with E-state index in [9.17, 15) is 4.79 Å². The van der Waals surface area contributed by atoms with Gasteiger partial charge in [-0.25, -0.2) is 0 Å².